The Labute approximate surface area is 153 Å². The van der Waals surface area contributed by atoms with Gasteiger partial charge in [0.2, 0.25) is 0 Å². The van der Waals surface area contributed by atoms with E-state index >= 15 is 0 Å². The largest absolute Gasteiger partial charge is 0.381 e. The van der Waals surface area contributed by atoms with E-state index in [0.717, 1.165) is 26.1 Å². The van der Waals surface area contributed by atoms with Crippen molar-refractivity contribution in [2.75, 3.05) is 41.4 Å². The number of hydrogen-bond donors (Lipinski definition) is 0. The van der Waals surface area contributed by atoms with Crippen molar-refractivity contribution in [2.45, 2.75) is 24.9 Å². The lowest BCUT2D eigenvalue weighted by molar-refractivity contribution is 0.0923. The van der Waals surface area contributed by atoms with Gasteiger partial charge in [0, 0.05) is 25.3 Å². The molecule has 0 spiro atoms. The molecule has 0 aliphatic carbocycles. The Kier molecular flexibility index (Phi) is 8.13. The minimum Gasteiger partial charge on any atom is -0.381 e. The first-order valence-corrected chi connectivity index (χ1v) is 9.10. The summed E-state index contributed by atoms with van der Waals surface area (Å²) >= 11 is 0. The summed E-state index contributed by atoms with van der Waals surface area (Å²) in [6.07, 6.45) is 2.02. The van der Waals surface area contributed by atoms with Gasteiger partial charge in [-0.1, -0.05) is 60.7 Å². The van der Waals surface area contributed by atoms with E-state index in [1.54, 1.807) is 0 Å². The molecule has 0 amide bonds. The Bertz CT molecular complexity index is 530. The zero-order chi connectivity index (χ0) is 18.1. The summed E-state index contributed by atoms with van der Waals surface area (Å²) < 4.78 is 5.98. The summed E-state index contributed by atoms with van der Waals surface area (Å²) in [6, 6.07) is 22.1. The second kappa shape index (κ2) is 10.3. The van der Waals surface area contributed by atoms with Gasteiger partial charge in [-0.15, -0.1) is 0 Å². The molecule has 2 aromatic carbocycles. The topological polar surface area (TPSA) is 15.7 Å². The third-order valence-corrected chi connectivity index (χ3v) is 4.69. The molecule has 2 aromatic rings. The molecule has 0 N–H and O–H groups in total. The van der Waals surface area contributed by atoms with E-state index in [1.165, 1.54) is 11.1 Å². The van der Waals surface area contributed by atoms with Gasteiger partial charge in [0.1, 0.15) is 0 Å². The lowest BCUT2D eigenvalue weighted by Crippen LogP contribution is -2.23. The van der Waals surface area contributed by atoms with Crippen molar-refractivity contribution >= 4 is 0 Å². The van der Waals surface area contributed by atoms with Crippen LogP contribution in [-0.2, 0) is 4.74 Å². The van der Waals surface area contributed by atoms with Gasteiger partial charge < -0.3 is 14.5 Å². The Hall–Kier alpha value is -1.68. The van der Waals surface area contributed by atoms with Crippen molar-refractivity contribution < 1.29 is 4.74 Å². The van der Waals surface area contributed by atoms with E-state index in [9.17, 15) is 0 Å². The number of benzene rings is 2. The molecule has 25 heavy (non-hydrogen) atoms. The van der Waals surface area contributed by atoms with Crippen LogP contribution in [0.1, 0.15) is 36.1 Å². The average molecular weight is 341 g/mol. The zero-order valence-corrected chi connectivity index (χ0v) is 16.1. The summed E-state index contributed by atoms with van der Waals surface area (Å²) in [4.78, 5) is 4.54. The first kappa shape index (κ1) is 19.6. The van der Waals surface area contributed by atoms with Crippen LogP contribution in [0, 0.1) is 0 Å². The maximum Gasteiger partial charge on any atom is 0.0484 e. The molecule has 0 aromatic heterocycles. The molecule has 0 bridgehead atoms. The highest BCUT2D eigenvalue weighted by molar-refractivity contribution is 5.19. The summed E-state index contributed by atoms with van der Waals surface area (Å²) in [6.45, 7) is 1.57. The third-order valence-electron chi connectivity index (χ3n) is 4.69. The van der Waals surface area contributed by atoms with Gasteiger partial charge in [0.25, 0.3) is 0 Å². The van der Waals surface area contributed by atoms with Crippen LogP contribution in [0.4, 0.5) is 0 Å². The molecule has 3 nitrogen and oxygen atoms in total. The van der Waals surface area contributed by atoms with Crippen molar-refractivity contribution in [3.63, 3.8) is 0 Å². The maximum absolute atomic E-state index is 5.98. The second-order valence-corrected chi connectivity index (χ2v) is 6.97. The molecule has 0 saturated heterocycles. The van der Waals surface area contributed by atoms with Gasteiger partial charge in [-0.2, -0.15) is 0 Å². The van der Waals surface area contributed by atoms with E-state index in [4.69, 9.17) is 4.74 Å². The molecule has 2 rings (SSSR count). The minimum atomic E-state index is 0.403. The van der Waals surface area contributed by atoms with Crippen molar-refractivity contribution in [1.82, 2.24) is 9.80 Å². The molecule has 0 saturated carbocycles. The number of rotatable bonds is 10. The van der Waals surface area contributed by atoms with E-state index < -0.39 is 0 Å². The van der Waals surface area contributed by atoms with Gasteiger partial charge in [-0.05, 0) is 52.2 Å². The van der Waals surface area contributed by atoms with Crippen LogP contribution < -0.4 is 0 Å². The molecule has 0 fully saturated rings. The van der Waals surface area contributed by atoms with Gasteiger partial charge in [-0.25, -0.2) is 0 Å². The lowest BCUT2D eigenvalue weighted by atomic mass is 10.0. The first-order valence-electron chi connectivity index (χ1n) is 9.10. The second-order valence-electron chi connectivity index (χ2n) is 6.97. The molecule has 136 valence electrons. The molecule has 0 heterocycles. The van der Waals surface area contributed by atoms with Crippen LogP contribution in [0.3, 0.4) is 0 Å². The Morgan fingerprint density at radius 2 is 1.00 bits per heavy atom. The fourth-order valence-electron chi connectivity index (χ4n) is 3.29. The summed E-state index contributed by atoms with van der Waals surface area (Å²) in [5, 5.41) is 0. The standard InChI is InChI=1S/C22H32N2O/c1-23(2)21(19-11-7-5-8-12-19)15-17-25-18-16-22(24(3)4)20-13-9-6-10-14-20/h5-14,21-22H,15-18H2,1-4H3/t21-,22-/m0/s1. The smallest absolute Gasteiger partial charge is 0.0484 e. The normalized spacial score (nSPS) is 14.0. The summed E-state index contributed by atoms with van der Waals surface area (Å²) in [7, 11) is 8.54. The van der Waals surface area contributed by atoms with Gasteiger partial charge >= 0.3 is 0 Å². The van der Waals surface area contributed by atoms with Crippen LogP contribution in [0.5, 0.6) is 0 Å². The highest BCUT2D eigenvalue weighted by atomic mass is 16.5. The zero-order valence-electron chi connectivity index (χ0n) is 16.1. The van der Waals surface area contributed by atoms with Crippen molar-refractivity contribution in [1.29, 1.82) is 0 Å². The molecule has 3 heteroatoms. The predicted octanol–water partition coefficient (Wildman–Crippen LogP) is 4.39. The van der Waals surface area contributed by atoms with E-state index in [2.05, 4.69) is 98.7 Å². The number of ether oxygens (including phenoxy) is 1. The SMILES string of the molecule is CN(C)[C@@H](CCOCC[C@@H](c1ccccc1)N(C)C)c1ccccc1. The highest BCUT2D eigenvalue weighted by Crippen LogP contribution is 2.23. The molecule has 0 aliphatic rings. The molecule has 2 atom stereocenters. The molecule has 0 aliphatic heterocycles. The monoisotopic (exact) mass is 340 g/mol. The average Bonchev–Trinajstić information content (AvgIpc) is 2.62. The quantitative estimate of drug-likeness (QED) is 0.597. The Balaban J connectivity index is 1.79. The summed E-state index contributed by atoms with van der Waals surface area (Å²) in [5.41, 5.74) is 2.71. The van der Waals surface area contributed by atoms with Crippen LogP contribution in [0.15, 0.2) is 60.7 Å². The first-order chi connectivity index (χ1) is 12.1. The fraction of sp³-hybridized carbons (Fsp3) is 0.455. The van der Waals surface area contributed by atoms with Crippen molar-refractivity contribution in [3.05, 3.63) is 71.8 Å². The van der Waals surface area contributed by atoms with Gasteiger partial charge in [-0.3, -0.25) is 0 Å². The van der Waals surface area contributed by atoms with Crippen molar-refractivity contribution in [2.24, 2.45) is 0 Å². The van der Waals surface area contributed by atoms with Gasteiger partial charge in [0.05, 0.1) is 0 Å². The summed E-state index contributed by atoms with van der Waals surface area (Å²) in [5.74, 6) is 0. The molecular weight excluding hydrogens is 308 g/mol. The predicted molar refractivity (Wildman–Crippen MR) is 106 cm³/mol. The fourth-order valence-corrected chi connectivity index (χ4v) is 3.29. The van der Waals surface area contributed by atoms with E-state index in [0.29, 0.717) is 12.1 Å². The molecular formula is C22H32N2O. The van der Waals surface area contributed by atoms with Crippen molar-refractivity contribution in [3.8, 4) is 0 Å². The maximum atomic E-state index is 5.98. The van der Waals surface area contributed by atoms with Crippen LogP contribution in [-0.4, -0.2) is 51.2 Å². The molecule has 0 unspecified atom stereocenters. The minimum absolute atomic E-state index is 0.403. The van der Waals surface area contributed by atoms with Crippen LogP contribution in [0.2, 0.25) is 0 Å². The van der Waals surface area contributed by atoms with Crippen LogP contribution >= 0.6 is 0 Å². The van der Waals surface area contributed by atoms with Gasteiger partial charge in [0.15, 0.2) is 0 Å². The van der Waals surface area contributed by atoms with E-state index in [1.807, 2.05) is 0 Å². The number of nitrogens with zero attached hydrogens (tertiary/aromatic N) is 2. The van der Waals surface area contributed by atoms with Crippen LogP contribution in [0.25, 0.3) is 0 Å². The van der Waals surface area contributed by atoms with E-state index in [-0.39, 0.29) is 0 Å². The third kappa shape index (κ3) is 6.28. The Morgan fingerprint density at radius 1 is 0.640 bits per heavy atom. The lowest BCUT2D eigenvalue weighted by Gasteiger charge is -2.26. The molecule has 0 radical (unpaired) electrons. The Morgan fingerprint density at radius 3 is 1.32 bits per heavy atom. The number of hydrogen-bond acceptors (Lipinski definition) is 3. The highest BCUT2D eigenvalue weighted by Gasteiger charge is 2.15.